The van der Waals surface area contributed by atoms with Gasteiger partial charge in [0.25, 0.3) is 0 Å². The van der Waals surface area contributed by atoms with E-state index in [1.165, 1.54) is 0 Å². The number of aliphatic carboxylic acids is 3. The van der Waals surface area contributed by atoms with Crippen LogP contribution in [0.25, 0.3) is 0 Å². The first-order valence-electron chi connectivity index (χ1n) is 9.22. The molecular weight excluding hydrogens is 420 g/mol. The van der Waals surface area contributed by atoms with E-state index in [2.05, 4.69) is 5.32 Å². The molecular formula is C17H28N4O10. The molecule has 0 bridgehead atoms. The average Bonchev–Trinajstić information content (AvgIpc) is 2.64. The number of carbonyl (C=O) groups excluding carboxylic acids is 3. The normalized spacial score (nSPS) is 14.6. The third-order valence-corrected chi connectivity index (χ3v) is 3.88. The Morgan fingerprint density at radius 2 is 1.13 bits per heavy atom. The lowest BCUT2D eigenvalue weighted by molar-refractivity contribution is -0.145. The van der Waals surface area contributed by atoms with Crippen LogP contribution in [0.4, 0.5) is 0 Å². The summed E-state index contributed by atoms with van der Waals surface area (Å²) in [6.07, 6.45) is -1.83. The van der Waals surface area contributed by atoms with Crippen molar-refractivity contribution in [3.05, 3.63) is 0 Å². The van der Waals surface area contributed by atoms with Gasteiger partial charge >= 0.3 is 17.9 Å². The van der Waals surface area contributed by atoms with E-state index >= 15 is 0 Å². The van der Waals surface area contributed by atoms with Crippen LogP contribution in [0.3, 0.4) is 0 Å². The number of carbonyl (C=O) groups is 6. The van der Waals surface area contributed by atoms with Gasteiger partial charge in [0.2, 0.25) is 17.7 Å². The molecule has 14 nitrogen and oxygen atoms in total. The maximum Gasteiger partial charge on any atom is 0.326 e. The number of aliphatic hydroxyl groups is 1. The van der Waals surface area contributed by atoms with Crippen LogP contribution in [0.2, 0.25) is 0 Å². The third-order valence-electron chi connectivity index (χ3n) is 3.88. The van der Waals surface area contributed by atoms with Crippen molar-refractivity contribution >= 4 is 35.6 Å². The van der Waals surface area contributed by atoms with E-state index in [1.54, 1.807) is 13.8 Å². The highest BCUT2D eigenvalue weighted by Crippen LogP contribution is 2.06. The summed E-state index contributed by atoms with van der Waals surface area (Å²) in [5.74, 6) is -7.87. The molecule has 14 heteroatoms. The van der Waals surface area contributed by atoms with Crippen LogP contribution in [-0.2, 0) is 28.8 Å². The van der Waals surface area contributed by atoms with Crippen LogP contribution < -0.4 is 21.7 Å². The molecule has 0 heterocycles. The molecule has 3 amide bonds. The molecule has 0 aromatic carbocycles. The van der Waals surface area contributed by atoms with Crippen LogP contribution in [0.5, 0.6) is 0 Å². The molecule has 0 radical (unpaired) electrons. The Morgan fingerprint density at radius 1 is 0.742 bits per heavy atom. The second-order valence-electron chi connectivity index (χ2n) is 7.14. The number of aliphatic hydroxyl groups excluding tert-OH is 1. The van der Waals surface area contributed by atoms with Gasteiger partial charge in [-0.25, -0.2) is 4.79 Å². The fourth-order valence-electron chi connectivity index (χ4n) is 2.37. The molecule has 0 aliphatic carbocycles. The third kappa shape index (κ3) is 10.9. The van der Waals surface area contributed by atoms with Crippen molar-refractivity contribution in [1.82, 2.24) is 16.0 Å². The molecule has 31 heavy (non-hydrogen) atoms. The van der Waals surface area contributed by atoms with E-state index in [1.807, 2.05) is 10.6 Å². The van der Waals surface area contributed by atoms with Gasteiger partial charge < -0.3 is 42.1 Å². The Labute approximate surface area is 177 Å². The van der Waals surface area contributed by atoms with Crippen LogP contribution in [0, 0.1) is 5.92 Å². The van der Waals surface area contributed by atoms with Crippen molar-refractivity contribution in [1.29, 1.82) is 0 Å². The van der Waals surface area contributed by atoms with Crippen LogP contribution in [-0.4, -0.2) is 86.8 Å². The molecule has 0 aromatic heterocycles. The zero-order valence-electron chi connectivity index (χ0n) is 17.0. The quantitative estimate of drug-likeness (QED) is 0.132. The maximum atomic E-state index is 12.4. The minimum absolute atomic E-state index is 0.0333. The van der Waals surface area contributed by atoms with Gasteiger partial charge in [-0.2, -0.15) is 0 Å². The number of hydrogen-bond acceptors (Lipinski definition) is 8. The van der Waals surface area contributed by atoms with Gasteiger partial charge in [-0.3, -0.25) is 24.0 Å². The first-order valence-corrected chi connectivity index (χ1v) is 9.22. The highest BCUT2D eigenvalue weighted by Gasteiger charge is 2.32. The van der Waals surface area contributed by atoms with E-state index < -0.39 is 79.2 Å². The number of carboxylic acids is 3. The Bertz CT molecular complexity index is 696. The maximum absolute atomic E-state index is 12.4. The van der Waals surface area contributed by atoms with E-state index in [4.69, 9.17) is 21.1 Å². The molecule has 0 fully saturated rings. The summed E-state index contributed by atoms with van der Waals surface area (Å²) in [7, 11) is 0. The minimum atomic E-state index is -1.75. The van der Waals surface area contributed by atoms with Crippen LogP contribution in [0.1, 0.15) is 33.1 Å². The first kappa shape index (κ1) is 27.7. The molecule has 4 unspecified atom stereocenters. The van der Waals surface area contributed by atoms with Crippen molar-refractivity contribution in [3.63, 3.8) is 0 Å². The van der Waals surface area contributed by atoms with Crippen molar-refractivity contribution < 1.29 is 49.2 Å². The topological polar surface area (TPSA) is 245 Å². The summed E-state index contributed by atoms with van der Waals surface area (Å²) in [5.41, 5.74) is 5.30. The van der Waals surface area contributed by atoms with Crippen molar-refractivity contribution in [3.8, 4) is 0 Å². The standard InChI is InChI=1S/C17H28N4O10/c1-7(2)3-11(17(30)31)21-16(29)10(5-13(25)26)20-15(28)9(4-12(23)24)19-14(27)8(18)6-22/h7-11,22H,3-6,18H2,1-2H3,(H,19,27)(H,20,28)(H,21,29)(H,23,24)(H,25,26)(H,30,31). The smallest absolute Gasteiger partial charge is 0.326 e. The lowest BCUT2D eigenvalue weighted by Gasteiger charge is -2.24. The zero-order chi connectivity index (χ0) is 24.3. The van der Waals surface area contributed by atoms with Gasteiger partial charge in [-0.05, 0) is 12.3 Å². The monoisotopic (exact) mass is 448 g/mol. The molecule has 0 aliphatic heterocycles. The second-order valence-corrected chi connectivity index (χ2v) is 7.14. The predicted octanol–water partition coefficient (Wildman–Crippen LogP) is -3.16. The number of carboxylic acid groups (broad SMARTS) is 3. The van der Waals surface area contributed by atoms with Gasteiger partial charge in [0.05, 0.1) is 19.4 Å². The molecule has 9 N–H and O–H groups in total. The van der Waals surface area contributed by atoms with Gasteiger partial charge in [0.15, 0.2) is 0 Å². The largest absolute Gasteiger partial charge is 0.481 e. The summed E-state index contributed by atoms with van der Waals surface area (Å²) in [6, 6.07) is -6.29. The number of nitrogens with two attached hydrogens (primary N) is 1. The Balaban J connectivity index is 5.51. The number of rotatable bonds is 14. The lowest BCUT2D eigenvalue weighted by atomic mass is 10.0. The second kappa shape index (κ2) is 13.1. The fourth-order valence-corrected chi connectivity index (χ4v) is 2.37. The number of hydrogen-bond donors (Lipinski definition) is 8. The number of amides is 3. The summed E-state index contributed by atoms with van der Waals surface area (Å²) in [4.78, 5) is 70.1. The van der Waals surface area contributed by atoms with E-state index in [9.17, 15) is 33.9 Å². The Hall–Kier alpha value is -3.26. The molecule has 176 valence electrons. The Morgan fingerprint density at radius 3 is 1.45 bits per heavy atom. The summed E-state index contributed by atoms with van der Waals surface area (Å²) in [6.45, 7) is 2.62. The van der Waals surface area contributed by atoms with Gasteiger partial charge in [0, 0.05) is 0 Å². The molecule has 0 spiro atoms. The van der Waals surface area contributed by atoms with Crippen LogP contribution in [0.15, 0.2) is 0 Å². The molecule has 0 aromatic rings. The van der Waals surface area contributed by atoms with Gasteiger partial charge in [-0.1, -0.05) is 13.8 Å². The molecule has 0 aliphatic rings. The lowest BCUT2D eigenvalue weighted by Crippen LogP contribution is -2.58. The summed E-state index contributed by atoms with van der Waals surface area (Å²) in [5, 5.41) is 42.2. The van der Waals surface area contributed by atoms with Gasteiger partial charge in [-0.15, -0.1) is 0 Å². The van der Waals surface area contributed by atoms with Gasteiger partial charge in [0.1, 0.15) is 24.2 Å². The molecule has 0 saturated carbocycles. The minimum Gasteiger partial charge on any atom is -0.481 e. The molecule has 4 atom stereocenters. The molecule has 0 rings (SSSR count). The first-order chi connectivity index (χ1) is 14.3. The van der Waals surface area contributed by atoms with E-state index in [0.29, 0.717) is 0 Å². The van der Waals surface area contributed by atoms with E-state index in [0.717, 1.165) is 0 Å². The SMILES string of the molecule is CC(C)CC(NC(=O)C(CC(=O)O)NC(=O)C(CC(=O)O)NC(=O)C(N)CO)C(=O)O. The predicted molar refractivity (Wildman–Crippen MR) is 102 cm³/mol. The van der Waals surface area contributed by atoms with E-state index in [-0.39, 0.29) is 12.3 Å². The molecule has 0 saturated heterocycles. The van der Waals surface area contributed by atoms with Crippen LogP contribution >= 0.6 is 0 Å². The van der Waals surface area contributed by atoms with Crippen molar-refractivity contribution in [2.24, 2.45) is 11.7 Å². The zero-order valence-corrected chi connectivity index (χ0v) is 17.0. The fraction of sp³-hybridized carbons (Fsp3) is 0.647. The average molecular weight is 448 g/mol. The summed E-state index contributed by atoms with van der Waals surface area (Å²) >= 11 is 0. The number of nitrogens with one attached hydrogen (secondary N) is 3. The highest BCUT2D eigenvalue weighted by molar-refractivity contribution is 5.96. The Kier molecular flexibility index (Phi) is 11.7. The van der Waals surface area contributed by atoms with Crippen molar-refractivity contribution in [2.75, 3.05) is 6.61 Å². The van der Waals surface area contributed by atoms with Crippen molar-refractivity contribution in [2.45, 2.75) is 57.3 Å². The highest BCUT2D eigenvalue weighted by atomic mass is 16.4. The summed E-state index contributed by atoms with van der Waals surface area (Å²) < 4.78 is 0.